The van der Waals surface area contributed by atoms with Gasteiger partial charge in [0.1, 0.15) is 6.54 Å². The first-order valence-electron chi connectivity index (χ1n) is 7.27. The second-order valence-electron chi connectivity index (χ2n) is 5.52. The van der Waals surface area contributed by atoms with Crippen molar-refractivity contribution in [3.05, 3.63) is 34.9 Å². The van der Waals surface area contributed by atoms with Crippen molar-refractivity contribution in [3.63, 3.8) is 0 Å². The van der Waals surface area contributed by atoms with Gasteiger partial charge < -0.3 is 9.88 Å². The molecule has 0 radical (unpaired) electrons. The molecule has 0 atom stereocenters. The van der Waals surface area contributed by atoms with Crippen LogP contribution in [0.25, 0.3) is 10.9 Å². The lowest BCUT2D eigenvalue weighted by Crippen LogP contribution is -2.38. The van der Waals surface area contributed by atoms with E-state index in [1.54, 1.807) is 0 Å². The minimum absolute atomic E-state index is 0.120. The molecule has 0 aliphatic heterocycles. The number of benzene rings is 1. The molecule has 3 rings (SSSR count). The number of halogens is 1. The Morgan fingerprint density at radius 3 is 2.85 bits per heavy atom. The molecular formula is C16H19BrN2O. The first-order chi connectivity index (χ1) is 9.74. The van der Waals surface area contributed by atoms with Gasteiger partial charge in [-0.2, -0.15) is 0 Å². The molecule has 1 N–H and O–H groups in total. The predicted octanol–water partition coefficient (Wildman–Crippen LogP) is 3.85. The summed E-state index contributed by atoms with van der Waals surface area (Å²) in [6.07, 6.45) is 8.03. The molecule has 3 nitrogen and oxygen atoms in total. The number of fused-ring (bicyclic) bond motifs is 1. The van der Waals surface area contributed by atoms with Gasteiger partial charge in [-0.1, -0.05) is 41.3 Å². The van der Waals surface area contributed by atoms with E-state index in [4.69, 9.17) is 0 Å². The number of carbonyl (C=O) groups excluding carboxylic acids is 1. The van der Waals surface area contributed by atoms with Crippen LogP contribution in [0, 0.1) is 0 Å². The van der Waals surface area contributed by atoms with E-state index in [0.29, 0.717) is 12.6 Å². The number of rotatable bonds is 3. The number of nitrogens with zero attached hydrogens (tertiary/aromatic N) is 1. The molecule has 1 aromatic carbocycles. The Morgan fingerprint density at radius 1 is 1.25 bits per heavy atom. The van der Waals surface area contributed by atoms with Gasteiger partial charge in [0.2, 0.25) is 5.91 Å². The summed E-state index contributed by atoms with van der Waals surface area (Å²) in [5, 5.41) is 4.32. The molecular weight excluding hydrogens is 316 g/mol. The lowest BCUT2D eigenvalue weighted by Gasteiger charge is -2.22. The number of amides is 1. The second kappa shape index (κ2) is 6.00. The van der Waals surface area contributed by atoms with E-state index < -0.39 is 0 Å². The summed E-state index contributed by atoms with van der Waals surface area (Å²) in [6, 6.07) is 8.50. The average molecular weight is 335 g/mol. The van der Waals surface area contributed by atoms with Crippen LogP contribution in [-0.2, 0) is 11.3 Å². The maximum atomic E-state index is 12.2. The van der Waals surface area contributed by atoms with Gasteiger partial charge >= 0.3 is 0 Å². The molecule has 0 saturated heterocycles. The number of carbonyl (C=O) groups is 1. The number of hydrogen-bond donors (Lipinski definition) is 1. The van der Waals surface area contributed by atoms with E-state index in [1.807, 2.05) is 35.0 Å². The zero-order valence-corrected chi connectivity index (χ0v) is 13.0. The minimum Gasteiger partial charge on any atom is -0.352 e. The van der Waals surface area contributed by atoms with Crippen LogP contribution in [-0.4, -0.2) is 16.5 Å². The highest BCUT2D eigenvalue weighted by Gasteiger charge is 2.16. The van der Waals surface area contributed by atoms with E-state index >= 15 is 0 Å². The van der Waals surface area contributed by atoms with Crippen molar-refractivity contribution in [2.24, 2.45) is 0 Å². The monoisotopic (exact) mass is 334 g/mol. The van der Waals surface area contributed by atoms with Gasteiger partial charge in [0.15, 0.2) is 0 Å². The Kier molecular flexibility index (Phi) is 4.10. The predicted molar refractivity (Wildman–Crippen MR) is 84.7 cm³/mol. The van der Waals surface area contributed by atoms with Gasteiger partial charge in [-0.15, -0.1) is 0 Å². The molecule has 1 heterocycles. The van der Waals surface area contributed by atoms with Crippen LogP contribution >= 0.6 is 15.9 Å². The smallest absolute Gasteiger partial charge is 0.240 e. The summed E-state index contributed by atoms with van der Waals surface area (Å²) >= 11 is 3.54. The molecule has 20 heavy (non-hydrogen) atoms. The largest absolute Gasteiger partial charge is 0.352 e. The molecule has 2 aromatic rings. The van der Waals surface area contributed by atoms with Gasteiger partial charge in [0, 0.05) is 27.6 Å². The third-order valence-corrected chi connectivity index (χ3v) is 4.74. The van der Waals surface area contributed by atoms with Crippen LogP contribution in [0.3, 0.4) is 0 Å². The van der Waals surface area contributed by atoms with E-state index in [-0.39, 0.29) is 5.91 Å². The highest BCUT2D eigenvalue weighted by atomic mass is 79.9. The van der Waals surface area contributed by atoms with Gasteiger partial charge in [-0.05, 0) is 31.0 Å². The third kappa shape index (κ3) is 2.90. The Balaban J connectivity index is 1.69. The van der Waals surface area contributed by atoms with Crippen LogP contribution < -0.4 is 5.32 Å². The lowest BCUT2D eigenvalue weighted by molar-refractivity contribution is -0.122. The molecule has 0 bridgehead atoms. The maximum absolute atomic E-state index is 12.2. The van der Waals surface area contributed by atoms with Crippen LogP contribution in [0.1, 0.15) is 32.1 Å². The Hall–Kier alpha value is -1.29. The van der Waals surface area contributed by atoms with Crippen molar-refractivity contribution in [3.8, 4) is 0 Å². The van der Waals surface area contributed by atoms with E-state index in [2.05, 4.69) is 21.2 Å². The Bertz CT molecular complexity index is 614. The molecule has 1 aliphatic carbocycles. The van der Waals surface area contributed by atoms with Crippen LogP contribution in [0.4, 0.5) is 0 Å². The molecule has 0 spiro atoms. The zero-order chi connectivity index (χ0) is 13.9. The van der Waals surface area contributed by atoms with E-state index in [0.717, 1.165) is 28.2 Å². The standard InChI is InChI=1S/C16H19BrN2O/c17-14-7-4-8-15-13(14)9-10-19(15)11-16(20)18-12-5-2-1-3-6-12/h4,7-10,12H,1-3,5-6,11H2,(H,18,20). The molecule has 4 heteroatoms. The number of nitrogens with one attached hydrogen (secondary N) is 1. The van der Waals surface area contributed by atoms with Crippen molar-refractivity contribution in [2.75, 3.05) is 0 Å². The minimum atomic E-state index is 0.120. The molecule has 1 saturated carbocycles. The summed E-state index contributed by atoms with van der Waals surface area (Å²) in [5.74, 6) is 0.120. The number of aromatic nitrogens is 1. The molecule has 1 aliphatic rings. The third-order valence-electron chi connectivity index (χ3n) is 4.04. The lowest BCUT2D eigenvalue weighted by atomic mass is 9.95. The van der Waals surface area contributed by atoms with Crippen molar-refractivity contribution < 1.29 is 4.79 Å². The molecule has 1 aromatic heterocycles. The quantitative estimate of drug-likeness (QED) is 0.908. The fourth-order valence-corrected chi connectivity index (χ4v) is 3.49. The van der Waals surface area contributed by atoms with Crippen molar-refractivity contribution in [1.82, 2.24) is 9.88 Å². The van der Waals surface area contributed by atoms with Crippen LogP contribution in [0.2, 0.25) is 0 Å². The summed E-state index contributed by atoms with van der Waals surface area (Å²) in [6.45, 7) is 0.399. The first kappa shape index (κ1) is 13.7. The fraction of sp³-hybridized carbons (Fsp3) is 0.438. The Morgan fingerprint density at radius 2 is 2.05 bits per heavy atom. The Labute approximate surface area is 127 Å². The highest BCUT2D eigenvalue weighted by molar-refractivity contribution is 9.10. The molecule has 106 valence electrons. The van der Waals surface area contributed by atoms with Crippen LogP contribution in [0.15, 0.2) is 34.9 Å². The van der Waals surface area contributed by atoms with E-state index in [1.165, 1.54) is 19.3 Å². The summed E-state index contributed by atoms with van der Waals surface area (Å²) in [4.78, 5) is 12.2. The van der Waals surface area contributed by atoms with Crippen molar-refractivity contribution in [2.45, 2.75) is 44.7 Å². The van der Waals surface area contributed by atoms with Gasteiger partial charge in [-0.25, -0.2) is 0 Å². The van der Waals surface area contributed by atoms with Crippen LogP contribution in [0.5, 0.6) is 0 Å². The van der Waals surface area contributed by atoms with Gasteiger partial charge in [0.05, 0.1) is 0 Å². The second-order valence-corrected chi connectivity index (χ2v) is 6.37. The topological polar surface area (TPSA) is 34.0 Å². The van der Waals surface area contributed by atoms with Gasteiger partial charge in [0.25, 0.3) is 0 Å². The summed E-state index contributed by atoms with van der Waals surface area (Å²) in [7, 11) is 0. The van der Waals surface area contributed by atoms with E-state index in [9.17, 15) is 4.79 Å². The van der Waals surface area contributed by atoms with Crippen molar-refractivity contribution in [1.29, 1.82) is 0 Å². The molecule has 0 unspecified atom stereocenters. The normalized spacial score (nSPS) is 16.4. The molecule has 1 amide bonds. The van der Waals surface area contributed by atoms with Gasteiger partial charge in [-0.3, -0.25) is 4.79 Å². The fourth-order valence-electron chi connectivity index (χ4n) is 3.00. The highest BCUT2D eigenvalue weighted by Crippen LogP contribution is 2.24. The number of hydrogen-bond acceptors (Lipinski definition) is 1. The first-order valence-corrected chi connectivity index (χ1v) is 8.06. The summed E-state index contributed by atoms with van der Waals surface area (Å²) in [5.41, 5.74) is 1.10. The average Bonchev–Trinajstić information content (AvgIpc) is 2.84. The zero-order valence-electron chi connectivity index (χ0n) is 11.4. The van der Waals surface area contributed by atoms with Crippen molar-refractivity contribution >= 4 is 32.7 Å². The SMILES string of the molecule is O=C(Cn1ccc2c(Br)cccc21)NC1CCCCC1. The maximum Gasteiger partial charge on any atom is 0.240 e. The summed E-state index contributed by atoms with van der Waals surface area (Å²) < 4.78 is 3.08. The molecule has 1 fully saturated rings.